The Balaban J connectivity index is 1.53. The van der Waals surface area contributed by atoms with Gasteiger partial charge in [-0.25, -0.2) is 0 Å². The number of nitrogens with one attached hydrogen (secondary N) is 1. The van der Waals surface area contributed by atoms with E-state index in [4.69, 9.17) is 4.74 Å². The number of ether oxygens (including phenoxy) is 1. The third-order valence-electron chi connectivity index (χ3n) is 6.93. The summed E-state index contributed by atoms with van der Waals surface area (Å²) in [5.41, 5.74) is 0. The van der Waals surface area contributed by atoms with Gasteiger partial charge in [0.25, 0.3) is 0 Å². The fraction of sp³-hybridized carbons (Fsp3) is 1.00. The van der Waals surface area contributed by atoms with E-state index in [1.165, 1.54) is 64.3 Å². The Labute approximate surface area is 122 Å². The van der Waals surface area contributed by atoms with Gasteiger partial charge in [0.2, 0.25) is 0 Å². The second-order valence-corrected chi connectivity index (χ2v) is 7.80. The molecule has 0 aromatic rings. The van der Waals surface area contributed by atoms with Crippen LogP contribution >= 0.6 is 0 Å². The van der Waals surface area contributed by atoms with Crippen molar-refractivity contribution in [2.45, 2.75) is 88.2 Å². The second kappa shape index (κ2) is 4.69. The Morgan fingerprint density at radius 3 is 2.65 bits per heavy atom. The highest BCUT2D eigenvalue weighted by atomic mass is 16.5. The van der Waals surface area contributed by atoms with Gasteiger partial charge < -0.3 is 10.1 Å². The summed E-state index contributed by atoms with van der Waals surface area (Å²) in [5, 5.41) is 3.90. The van der Waals surface area contributed by atoms with E-state index >= 15 is 0 Å². The lowest BCUT2D eigenvalue weighted by atomic mass is 9.74. The standard InChI is InChI=1S/C17H28N2O/c1-2-8-14-13(7-1)19-16-11(5-3-9-15(16)20-14)12-6-4-10-18-17(12)19/h11-18H,1-10H2. The zero-order chi connectivity index (χ0) is 13.1. The number of hydrogen-bond donors (Lipinski definition) is 1. The SMILES string of the molecule is C1CCC2C(C1)OC1CCCC3C4CCCNC4N2C13. The molecule has 3 aliphatic heterocycles. The summed E-state index contributed by atoms with van der Waals surface area (Å²) >= 11 is 0. The summed E-state index contributed by atoms with van der Waals surface area (Å²) in [7, 11) is 0. The Morgan fingerprint density at radius 1 is 0.800 bits per heavy atom. The molecule has 5 aliphatic rings. The maximum absolute atomic E-state index is 6.61. The van der Waals surface area contributed by atoms with Crippen molar-refractivity contribution >= 4 is 0 Å². The molecule has 5 rings (SSSR count). The van der Waals surface area contributed by atoms with Crippen molar-refractivity contribution in [1.82, 2.24) is 10.2 Å². The molecule has 112 valence electrons. The number of piperidine rings is 1. The molecule has 5 fully saturated rings. The predicted octanol–water partition coefficient (Wildman–Crippen LogP) is 2.51. The van der Waals surface area contributed by atoms with E-state index in [1.54, 1.807) is 0 Å². The molecule has 3 heterocycles. The van der Waals surface area contributed by atoms with Crippen LogP contribution < -0.4 is 5.32 Å². The Kier molecular flexibility index (Phi) is 2.91. The van der Waals surface area contributed by atoms with E-state index < -0.39 is 0 Å². The highest BCUT2D eigenvalue weighted by molar-refractivity contribution is 5.10. The van der Waals surface area contributed by atoms with E-state index in [-0.39, 0.29) is 0 Å². The molecular formula is C17H28N2O. The Morgan fingerprint density at radius 2 is 1.65 bits per heavy atom. The van der Waals surface area contributed by atoms with Gasteiger partial charge in [-0.15, -0.1) is 0 Å². The molecule has 7 unspecified atom stereocenters. The summed E-state index contributed by atoms with van der Waals surface area (Å²) in [4.78, 5) is 2.95. The van der Waals surface area contributed by atoms with Crippen molar-refractivity contribution in [2.24, 2.45) is 11.8 Å². The van der Waals surface area contributed by atoms with Gasteiger partial charge >= 0.3 is 0 Å². The van der Waals surface area contributed by atoms with Gasteiger partial charge in [-0.2, -0.15) is 0 Å². The zero-order valence-electron chi connectivity index (χ0n) is 12.5. The Hall–Kier alpha value is -0.120. The molecule has 3 saturated heterocycles. The summed E-state index contributed by atoms with van der Waals surface area (Å²) in [5.74, 6) is 1.84. The van der Waals surface area contributed by atoms with Crippen LogP contribution in [0.1, 0.15) is 57.8 Å². The molecule has 20 heavy (non-hydrogen) atoms. The van der Waals surface area contributed by atoms with Crippen molar-refractivity contribution in [3.8, 4) is 0 Å². The van der Waals surface area contributed by atoms with Crippen LogP contribution in [0.3, 0.4) is 0 Å². The minimum absolute atomic E-state index is 0.547. The maximum Gasteiger partial charge on any atom is 0.0738 e. The first-order chi connectivity index (χ1) is 9.93. The number of nitrogens with zero attached hydrogens (tertiary/aromatic N) is 1. The lowest BCUT2D eigenvalue weighted by Crippen LogP contribution is -2.65. The largest absolute Gasteiger partial charge is 0.372 e. The van der Waals surface area contributed by atoms with Crippen molar-refractivity contribution in [3.63, 3.8) is 0 Å². The summed E-state index contributed by atoms with van der Waals surface area (Å²) in [6.45, 7) is 1.24. The number of hydrogen-bond acceptors (Lipinski definition) is 3. The molecule has 0 radical (unpaired) electrons. The molecule has 3 heteroatoms. The second-order valence-electron chi connectivity index (χ2n) is 7.80. The van der Waals surface area contributed by atoms with Crippen molar-refractivity contribution in [2.75, 3.05) is 6.54 Å². The van der Waals surface area contributed by atoms with Crippen molar-refractivity contribution in [3.05, 3.63) is 0 Å². The molecule has 2 aliphatic carbocycles. The van der Waals surface area contributed by atoms with Crippen molar-refractivity contribution in [1.29, 1.82) is 0 Å². The maximum atomic E-state index is 6.61. The van der Waals surface area contributed by atoms with Crippen LogP contribution in [0.5, 0.6) is 0 Å². The molecule has 0 aromatic carbocycles. The van der Waals surface area contributed by atoms with Gasteiger partial charge in [0.05, 0.1) is 18.4 Å². The smallest absolute Gasteiger partial charge is 0.0738 e. The average molecular weight is 276 g/mol. The van der Waals surface area contributed by atoms with Crippen LogP contribution in [0.4, 0.5) is 0 Å². The van der Waals surface area contributed by atoms with E-state index in [1.807, 2.05) is 0 Å². The number of morpholine rings is 1. The van der Waals surface area contributed by atoms with Crippen LogP contribution in [0.25, 0.3) is 0 Å². The van der Waals surface area contributed by atoms with Crippen LogP contribution in [0.2, 0.25) is 0 Å². The monoisotopic (exact) mass is 276 g/mol. The van der Waals surface area contributed by atoms with E-state index in [9.17, 15) is 0 Å². The van der Waals surface area contributed by atoms with Gasteiger partial charge in [-0.3, -0.25) is 4.90 Å². The first-order valence-electron chi connectivity index (χ1n) is 9.10. The molecule has 0 aromatic heterocycles. The minimum Gasteiger partial charge on any atom is -0.372 e. The molecule has 7 atom stereocenters. The van der Waals surface area contributed by atoms with Gasteiger partial charge in [0.15, 0.2) is 0 Å². The topological polar surface area (TPSA) is 24.5 Å². The summed E-state index contributed by atoms with van der Waals surface area (Å²) < 4.78 is 6.61. The highest BCUT2D eigenvalue weighted by Gasteiger charge is 2.59. The zero-order valence-corrected chi connectivity index (χ0v) is 12.5. The van der Waals surface area contributed by atoms with Gasteiger partial charge in [0, 0.05) is 12.1 Å². The third-order valence-corrected chi connectivity index (χ3v) is 6.93. The summed E-state index contributed by atoms with van der Waals surface area (Å²) in [6, 6.07) is 1.48. The van der Waals surface area contributed by atoms with E-state index in [0.717, 1.165) is 23.9 Å². The quantitative estimate of drug-likeness (QED) is 0.736. The van der Waals surface area contributed by atoms with Gasteiger partial charge in [-0.05, 0) is 56.9 Å². The first kappa shape index (κ1) is 12.4. The summed E-state index contributed by atoms with van der Waals surface area (Å²) in [6.07, 6.45) is 14.3. The highest BCUT2D eigenvalue weighted by Crippen LogP contribution is 2.51. The van der Waals surface area contributed by atoms with E-state index in [0.29, 0.717) is 18.4 Å². The lowest BCUT2D eigenvalue weighted by molar-refractivity contribution is -0.179. The predicted molar refractivity (Wildman–Crippen MR) is 78.4 cm³/mol. The third kappa shape index (κ3) is 1.63. The van der Waals surface area contributed by atoms with E-state index in [2.05, 4.69) is 10.2 Å². The molecule has 3 nitrogen and oxygen atoms in total. The number of fused-ring (bicyclic) bond motifs is 5. The van der Waals surface area contributed by atoms with Crippen molar-refractivity contribution < 1.29 is 4.74 Å². The molecule has 0 amide bonds. The normalized spacial score (nSPS) is 54.9. The minimum atomic E-state index is 0.547. The number of rotatable bonds is 0. The van der Waals surface area contributed by atoms with Gasteiger partial charge in [0.1, 0.15) is 0 Å². The fourth-order valence-electron chi connectivity index (χ4n) is 6.29. The van der Waals surface area contributed by atoms with Crippen LogP contribution in [0, 0.1) is 11.8 Å². The molecule has 1 N–H and O–H groups in total. The van der Waals surface area contributed by atoms with Crippen LogP contribution in [-0.2, 0) is 4.74 Å². The molecule has 2 saturated carbocycles. The molecular weight excluding hydrogens is 248 g/mol. The Bertz CT molecular complexity index is 387. The van der Waals surface area contributed by atoms with Crippen LogP contribution in [0.15, 0.2) is 0 Å². The first-order valence-corrected chi connectivity index (χ1v) is 9.10. The van der Waals surface area contributed by atoms with Crippen LogP contribution in [-0.4, -0.2) is 41.9 Å². The fourth-order valence-corrected chi connectivity index (χ4v) is 6.29. The molecule has 0 spiro atoms. The average Bonchev–Trinajstić information content (AvgIpc) is 2.85. The molecule has 0 bridgehead atoms. The lowest BCUT2D eigenvalue weighted by Gasteiger charge is -2.53. The van der Waals surface area contributed by atoms with Gasteiger partial charge in [-0.1, -0.05) is 19.3 Å².